The lowest BCUT2D eigenvalue weighted by Crippen LogP contribution is -2.12. The molecule has 10 N–H and O–H groups in total. The monoisotopic (exact) mass is 690 g/mol. The summed E-state index contributed by atoms with van der Waals surface area (Å²) in [6.45, 7) is 8.23. The highest BCUT2D eigenvalue weighted by molar-refractivity contribution is 7.80. The number of thiazole rings is 1. The van der Waals surface area contributed by atoms with Gasteiger partial charge in [0.1, 0.15) is 28.0 Å². The third kappa shape index (κ3) is 8.26. The number of anilines is 4. The van der Waals surface area contributed by atoms with Crippen molar-refractivity contribution < 1.29 is 18.9 Å². The van der Waals surface area contributed by atoms with Gasteiger partial charge in [0.2, 0.25) is 11.9 Å². The van der Waals surface area contributed by atoms with Crippen molar-refractivity contribution in [1.82, 2.24) is 24.9 Å². The highest BCUT2D eigenvalue weighted by atomic mass is 32.1. The lowest BCUT2D eigenvalue weighted by Gasteiger charge is -2.18. The van der Waals surface area contributed by atoms with Crippen LogP contribution < -0.4 is 47.6 Å². The zero-order chi connectivity index (χ0) is 35.1. The van der Waals surface area contributed by atoms with E-state index >= 15 is 0 Å². The molecule has 5 rings (SSSR count). The van der Waals surface area contributed by atoms with Crippen LogP contribution in [0.15, 0.2) is 48.4 Å². The quantitative estimate of drug-likeness (QED) is 0.108. The molecule has 0 radical (unpaired) electrons. The third-order valence-electron chi connectivity index (χ3n) is 6.91. The molecule has 3 heterocycles. The van der Waals surface area contributed by atoms with Crippen LogP contribution in [0.2, 0.25) is 0 Å². The Kier molecular flexibility index (Phi) is 11.4. The minimum Gasteiger partial charge on any atom is -0.496 e. The van der Waals surface area contributed by atoms with Crippen molar-refractivity contribution in [1.29, 1.82) is 0 Å². The van der Waals surface area contributed by atoms with Crippen LogP contribution in [-0.2, 0) is 0 Å². The first-order valence-corrected chi connectivity index (χ1v) is 15.9. The smallest absolute Gasteiger partial charge is 0.222 e. The van der Waals surface area contributed by atoms with Gasteiger partial charge in [-0.25, -0.2) is 9.97 Å². The maximum Gasteiger partial charge on any atom is 0.222 e. The van der Waals surface area contributed by atoms with Gasteiger partial charge in [0, 0.05) is 22.9 Å². The summed E-state index contributed by atoms with van der Waals surface area (Å²) in [5.74, 6) is 4.17. The molecule has 5 aromatic rings. The average Bonchev–Trinajstić information content (AvgIpc) is 3.58. The van der Waals surface area contributed by atoms with Crippen molar-refractivity contribution in [2.75, 3.05) is 37.2 Å². The molecule has 48 heavy (non-hydrogen) atoms. The van der Waals surface area contributed by atoms with Crippen LogP contribution in [0, 0.1) is 0 Å². The number of methoxy groups -OCH3 is 2. The van der Waals surface area contributed by atoms with Gasteiger partial charge in [0.15, 0.2) is 23.1 Å². The van der Waals surface area contributed by atoms with Crippen molar-refractivity contribution in [3.05, 3.63) is 65.1 Å². The SMILES string of the molecule is COc1cc(C(C)C)c(Oc2cnc(N)nc2N)cc1-c1cncs1.COc1cc(C(C)C)c(Oc2cnc(N)nc2N)cc1C(N)=S. The van der Waals surface area contributed by atoms with Crippen molar-refractivity contribution in [2.45, 2.75) is 39.5 Å². The molecular formula is C32H38N10O4S2. The third-order valence-corrected chi connectivity index (χ3v) is 7.94. The normalized spacial score (nSPS) is 10.8. The summed E-state index contributed by atoms with van der Waals surface area (Å²) in [5, 5.41) is 0. The van der Waals surface area contributed by atoms with Crippen molar-refractivity contribution in [3.8, 4) is 44.9 Å². The Hall–Kier alpha value is -5.48. The first-order chi connectivity index (χ1) is 22.8. The van der Waals surface area contributed by atoms with E-state index in [0.29, 0.717) is 34.3 Å². The minimum atomic E-state index is 0.0810. The zero-order valence-corrected chi connectivity index (χ0v) is 29.0. The maximum atomic E-state index is 6.02. The molecule has 0 saturated heterocycles. The Balaban J connectivity index is 0.000000218. The van der Waals surface area contributed by atoms with Crippen LogP contribution in [0.3, 0.4) is 0 Å². The van der Waals surface area contributed by atoms with Gasteiger partial charge in [0.05, 0.1) is 42.6 Å². The number of nitrogen functional groups attached to an aromatic ring is 4. The first-order valence-electron chi connectivity index (χ1n) is 14.6. The summed E-state index contributed by atoms with van der Waals surface area (Å²) >= 11 is 6.60. The number of hydrogen-bond donors (Lipinski definition) is 5. The molecule has 0 aliphatic rings. The van der Waals surface area contributed by atoms with Gasteiger partial charge in [-0.2, -0.15) is 9.97 Å². The van der Waals surface area contributed by atoms with Crippen LogP contribution >= 0.6 is 23.6 Å². The largest absolute Gasteiger partial charge is 0.496 e. The number of rotatable bonds is 10. The molecule has 16 heteroatoms. The standard InChI is InChI=1S/C17H19N5O2S.C15H19N5O2S/c1-9(2)10-4-12(23-3)11(15-7-20-8-25-15)5-13(10)24-14-6-21-17(19)22-16(14)18;1-7(2)8-4-10(21-3)9(14(17)23)5-11(8)22-12-6-19-15(18)20-13(12)16/h4-9H,1-3H3,(H4,18,19,21,22);4-7H,1-3H3,(H2,17,23)(H4,16,18,19,20). The Morgan fingerprint density at radius 2 is 1.19 bits per heavy atom. The second kappa shape index (κ2) is 15.4. The van der Waals surface area contributed by atoms with E-state index in [0.717, 1.165) is 27.3 Å². The maximum absolute atomic E-state index is 6.02. The summed E-state index contributed by atoms with van der Waals surface area (Å²) in [4.78, 5) is 21.0. The van der Waals surface area contributed by atoms with E-state index < -0.39 is 0 Å². The fraction of sp³-hybridized carbons (Fsp3) is 0.250. The average molecular weight is 691 g/mol. The Morgan fingerprint density at radius 1 is 0.688 bits per heavy atom. The Bertz CT molecular complexity index is 1900. The van der Waals surface area contributed by atoms with E-state index in [1.165, 1.54) is 23.7 Å². The zero-order valence-electron chi connectivity index (χ0n) is 27.3. The number of aromatic nitrogens is 5. The molecule has 252 valence electrons. The van der Waals surface area contributed by atoms with Gasteiger partial charge in [-0.1, -0.05) is 39.9 Å². The van der Waals surface area contributed by atoms with Gasteiger partial charge in [0.25, 0.3) is 0 Å². The number of benzene rings is 2. The number of nitrogens with two attached hydrogens (primary N) is 5. The van der Waals surface area contributed by atoms with E-state index in [4.69, 9.17) is 59.8 Å². The molecule has 14 nitrogen and oxygen atoms in total. The molecule has 2 aromatic carbocycles. The van der Waals surface area contributed by atoms with Crippen LogP contribution in [0.4, 0.5) is 23.5 Å². The molecular weight excluding hydrogens is 653 g/mol. The lowest BCUT2D eigenvalue weighted by molar-refractivity contribution is 0.410. The molecule has 0 aliphatic carbocycles. The van der Waals surface area contributed by atoms with E-state index in [1.807, 2.05) is 32.0 Å². The fourth-order valence-electron chi connectivity index (χ4n) is 4.49. The minimum absolute atomic E-state index is 0.0810. The number of nitrogens with zero attached hydrogens (tertiary/aromatic N) is 5. The topological polar surface area (TPSA) is 231 Å². The van der Waals surface area contributed by atoms with Gasteiger partial charge in [-0.05, 0) is 36.1 Å². The molecule has 0 bridgehead atoms. The highest BCUT2D eigenvalue weighted by Gasteiger charge is 2.19. The van der Waals surface area contributed by atoms with Crippen LogP contribution in [0.25, 0.3) is 10.4 Å². The van der Waals surface area contributed by atoms with Crippen molar-refractivity contribution in [2.24, 2.45) is 5.73 Å². The van der Waals surface area contributed by atoms with Gasteiger partial charge >= 0.3 is 0 Å². The molecule has 0 unspecified atom stereocenters. The highest BCUT2D eigenvalue weighted by Crippen LogP contribution is 2.42. The fourth-order valence-corrected chi connectivity index (χ4v) is 5.30. The molecule has 0 saturated carbocycles. The van der Waals surface area contributed by atoms with Crippen LogP contribution in [0.1, 0.15) is 56.2 Å². The molecule has 0 amide bonds. The first kappa shape index (κ1) is 35.4. The molecule has 0 spiro atoms. The van der Waals surface area contributed by atoms with Gasteiger partial charge < -0.3 is 47.6 Å². The van der Waals surface area contributed by atoms with E-state index in [-0.39, 0.29) is 40.4 Å². The molecule has 0 atom stereocenters. The van der Waals surface area contributed by atoms with Crippen molar-refractivity contribution >= 4 is 52.1 Å². The summed E-state index contributed by atoms with van der Waals surface area (Å²) in [5.41, 5.74) is 33.7. The van der Waals surface area contributed by atoms with Gasteiger partial charge in [-0.15, -0.1) is 11.3 Å². The molecule has 3 aromatic heterocycles. The van der Waals surface area contributed by atoms with E-state index in [2.05, 4.69) is 38.8 Å². The predicted octanol–water partition coefficient (Wildman–Crippen LogP) is 5.89. The Labute approximate surface area is 287 Å². The van der Waals surface area contributed by atoms with E-state index in [1.54, 1.807) is 32.0 Å². The summed E-state index contributed by atoms with van der Waals surface area (Å²) in [6.07, 6.45) is 4.69. The number of thiocarbonyl (C=S) groups is 1. The van der Waals surface area contributed by atoms with Gasteiger partial charge in [-0.3, -0.25) is 4.98 Å². The summed E-state index contributed by atoms with van der Waals surface area (Å²) in [7, 11) is 3.21. The second-order valence-corrected chi connectivity index (χ2v) is 12.2. The number of hydrogen-bond acceptors (Lipinski definition) is 15. The van der Waals surface area contributed by atoms with Crippen LogP contribution in [0.5, 0.6) is 34.5 Å². The second-order valence-electron chi connectivity index (χ2n) is 10.9. The molecule has 0 aliphatic heterocycles. The summed E-state index contributed by atoms with van der Waals surface area (Å²) in [6, 6.07) is 7.48. The van der Waals surface area contributed by atoms with Crippen LogP contribution in [-0.4, -0.2) is 44.1 Å². The number of ether oxygens (including phenoxy) is 4. The van der Waals surface area contributed by atoms with Crippen molar-refractivity contribution in [3.63, 3.8) is 0 Å². The molecule has 0 fully saturated rings. The van der Waals surface area contributed by atoms with E-state index in [9.17, 15) is 0 Å². The summed E-state index contributed by atoms with van der Waals surface area (Å²) < 4.78 is 22.8. The lowest BCUT2D eigenvalue weighted by atomic mass is 9.99. The predicted molar refractivity (Wildman–Crippen MR) is 193 cm³/mol. The Morgan fingerprint density at radius 3 is 1.60 bits per heavy atom.